The smallest absolute Gasteiger partial charge is 0.147 e. The normalized spacial score (nSPS) is 8.90. The summed E-state index contributed by atoms with van der Waals surface area (Å²) in [5, 5.41) is 7.02. The average Bonchev–Trinajstić information content (AvgIpc) is 2.42. The van der Waals surface area contributed by atoms with Crippen molar-refractivity contribution in [3.8, 4) is 0 Å². The first-order valence-electron chi connectivity index (χ1n) is 3.57. The van der Waals surface area contributed by atoms with E-state index in [4.69, 9.17) is 0 Å². The molecule has 10 heavy (non-hydrogen) atoms. The van der Waals surface area contributed by atoms with Crippen LogP contribution in [0.1, 0.15) is 39.3 Å². The molecule has 0 atom stereocenters. The van der Waals surface area contributed by atoms with E-state index in [2.05, 4.69) is 14.9 Å². The van der Waals surface area contributed by atoms with Crippen LogP contribution in [-0.4, -0.2) is 10.4 Å². The predicted molar refractivity (Wildman–Crippen MR) is 39.7 cm³/mol. The van der Waals surface area contributed by atoms with Gasteiger partial charge in [-0.3, -0.25) is 0 Å². The molecular weight excluding hydrogens is 128 g/mol. The Bertz CT molecular complexity index is 147. The van der Waals surface area contributed by atoms with E-state index in [0.29, 0.717) is 5.92 Å². The largest absolute Gasteiger partial charge is 0.345 e. The number of nitrogens with zero attached hydrogens (tertiary/aromatic N) is 2. The minimum absolute atomic E-state index is 0.418. The van der Waals surface area contributed by atoms with Crippen LogP contribution in [0, 0.1) is 0 Å². The number of rotatable bonds is 1. The van der Waals surface area contributed by atoms with Crippen molar-refractivity contribution >= 4 is 0 Å². The fourth-order valence-electron chi connectivity index (χ4n) is 0.423. The molecule has 0 unspecified atom stereocenters. The van der Waals surface area contributed by atoms with E-state index in [-0.39, 0.29) is 0 Å². The maximum Gasteiger partial charge on any atom is 0.147 e. The summed E-state index contributed by atoms with van der Waals surface area (Å²) in [5.41, 5.74) is 0.907. The SMILES string of the molecule is CC.CC(C)c1conn1. The van der Waals surface area contributed by atoms with Crippen molar-refractivity contribution in [3.63, 3.8) is 0 Å². The Hall–Kier alpha value is -0.860. The van der Waals surface area contributed by atoms with Gasteiger partial charge in [0.1, 0.15) is 12.0 Å². The minimum atomic E-state index is 0.418. The van der Waals surface area contributed by atoms with E-state index in [0.717, 1.165) is 5.69 Å². The van der Waals surface area contributed by atoms with E-state index in [9.17, 15) is 0 Å². The number of hydrogen-bond donors (Lipinski definition) is 0. The minimum Gasteiger partial charge on any atom is -0.345 e. The zero-order chi connectivity index (χ0) is 7.98. The van der Waals surface area contributed by atoms with Crippen molar-refractivity contribution < 1.29 is 4.52 Å². The summed E-state index contributed by atoms with van der Waals surface area (Å²) in [6.45, 7) is 8.08. The predicted octanol–water partition coefficient (Wildman–Crippen LogP) is 2.22. The van der Waals surface area contributed by atoms with Crippen LogP contribution in [0.2, 0.25) is 0 Å². The molecule has 3 nitrogen and oxygen atoms in total. The lowest BCUT2D eigenvalue weighted by Crippen LogP contribution is -1.85. The molecule has 3 heteroatoms. The molecule has 0 spiro atoms. The molecule has 0 aliphatic heterocycles. The van der Waals surface area contributed by atoms with Crippen molar-refractivity contribution in [2.45, 2.75) is 33.6 Å². The van der Waals surface area contributed by atoms with Gasteiger partial charge in [-0.1, -0.05) is 27.7 Å². The molecule has 0 aliphatic carbocycles. The van der Waals surface area contributed by atoms with Gasteiger partial charge in [0.25, 0.3) is 0 Å². The van der Waals surface area contributed by atoms with Crippen LogP contribution in [0.3, 0.4) is 0 Å². The van der Waals surface area contributed by atoms with Crippen molar-refractivity contribution in [2.24, 2.45) is 0 Å². The van der Waals surface area contributed by atoms with Gasteiger partial charge in [0.05, 0.1) is 0 Å². The molecule has 0 saturated heterocycles. The van der Waals surface area contributed by atoms with Crippen LogP contribution in [-0.2, 0) is 0 Å². The van der Waals surface area contributed by atoms with E-state index in [1.165, 1.54) is 0 Å². The second kappa shape index (κ2) is 4.97. The molecule has 1 rings (SSSR count). The van der Waals surface area contributed by atoms with E-state index in [1.807, 2.05) is 27.7 Å². The van der Waals surface area contributed by atoms with Gasteiger partial charge in [0.15, 0.2) is 0 Å². The second-order valence-electron chi connectivity index (χ2n) is 1.98. The number of hydrogen-bond acceptors (Lipinski definition) is 3. The quantitative estimate of drug-likeness (QED) is 0.603. The molecule has 58 valence electrons. The molecular formula is C7H14N2O. The highest BCUT2D eigenvalue weighted by Crippen LogP contribution is 2.07. The molecule has 0 N–H and O–H groups in total. The van der Waals surface area contributed by atoms with E-state index in [1.54, 1.807) is 6.26 Å². The van der Waals surface area contributed by atoms with Crippen LogP contribution < -0.4 is 0 Å². The highest BCUT2D eigenvalue weighted by Gasteiger charge is 2.00. The molecule has 0 radical (unpaired) electrons. The highest BCUT2D eigenvalue weighted by atomic mass is 16.5. The summed E-state index contributed by atoms with van der Waals surface area (Å²) in [5.74, 6) is 0.418. The third kappa shape index (κ3) is 2.62. The Balaban J connectivity index is 0.000000371. The Labute approximate surface area is 61.4 Å². The van der Waals surface area contributed by atoms with E-state index >= 15 is 0 Å². The van der Waals surface area contributed by atoms with Crippen molar-refractivity contribution in [3.05, 3.63) is 12.0 Å². The van der Waals surface area contributed by atoms with Gasteiger partial charge in [-0.25, -0.2) is 0 Å². The maximum absolute atomic E-state index is 4.51. The lowest BCUT2D eigenvalue weighted by molar-refractivity contribution is 0.392. The number of aromatic nitrogens is 2. The Kier molecular flexibility index (Phi) is 4.54. The zero-order valence-electron chi connectivity index (χ0n) is 6.96. The van der Waals surface area contributed by atoms with Gasteiger partial charge in [0, 0.05) is 11.2 Å². The molecule has 1 heterocycles. The zero-order valence-corrected chi connectivity index (χ0v) is 6.96. The highest BCUT2D eigenvalue weighted by molar-refractivity contribution is 4.94. The summed E-state index contributed by atoms with van der Waals surface area (Å²) in [4.78, 5) is 0. The standard InChI is InChI=1S/C5H8N2O.C2H6/c1-4(2)5-3-8-7-6-5;1-2/h3-4H,1-2H3;1-2H3. The lowest BCUT2D eigenvalue weighted by Gasteiger charge is -1.91. The Morgan fingerprint density at radius 2 is 2.00 bits per heavy atom. The first-order valence-corrected chi connectivity index (χ1v) is 3.57. The summed E-state index contributed by atoms with van der Waals surface area (Å²) < 4.78 is 4.51. The van der Waals surface area contributed by atoms with Crippen molar-refractivity contribution in [1.29, 1.82) is 0 Å². The monoisotopic (exact) mass is 142 g/mol. The molecule has 0 fully saturated rings. The summed E-state index contributed by atoms with van der Waals surface area (Å²) >= 11 is 0. The molecule has 0 saturated carbocycles. The third-order valence-corrected chi connectivity index (χ3v) is 0.968. The fraction of sp³-hybridized carbons (Fsp3) is 0.714. The lowest BCUT2D eigenvalue weighted by atomic mass is 10.2. The van der Waals surface area contributed by atoms with Crippen LogP contribution in [0.25, 0.3) is 0 Å². The fourth-order valence-corrected chi connectivity index (χ4v) is 0.423. The van der Waals surface area contributed by atoms with Crippen molar-refractivity contribution in [1.82, 2.24) is 10.4 Å². The maximum atomic E-state index is 4.51. The third-order valence-electron chi connectivity index (χ3n) is 0.968. The van der Waals surface area contributed by atoms with Gasteiger partial charge in [-0.05, 0) is 0 Å². The molecule has 0 aliphatic rings. The summed E-state index contributed by atoms with van der Waals surface area (Å²) in [6.07, 6.45) is 1.56. The molecule has 0 aromatic carbocycles. The Morgan fingerprint density at radius 1 is 1.40 bits per heavy atom. The summed E-state index contributed by atoms with van der Waals surface area (Å²) in [6, 6.07) is 0. The molecule has 0 amide bonds. The second-order valence-corrected chi connectivity index (χ2v) is 1.98. The molecule has 0 bridgehead atoms. The summed E-state index contributed by atoms with van der Waals surface area (Å²) in [7, 11) is 0. The van der Waals surface area contributed by atoms with E-state index < -0.39 is 0 Å². The molecule has 1 aromatic rings. The van der Waals surface area contributed by atoms with Crippen molar-refractivity contribution in [2.75, 3.05) is 0 Å². The van der Waals surface area contributed by atoms with Crippen LogP contribution >= 0.6 is 0 Å². The van der Waals surface area contributed by atoms with Crippen LogP contribution in [0.4, 0.5) is 0 Å². The van der Waals surface area contributed by atoms with Crippen LogP contribution in [0.5, 0.6) is 0 Å². The first kappa shape index (κ1) is 9.14. The van der Waals surface area contributed by atoms with Gasteiger partial charge >= 0.3 is 0 Å². The van der Waals surface area contributed by atoms with Gasteiger partial charge in [-0.2, -0.15) is 0 Å². The van der Waals surface area contributed by atoms with Gasteiger partial charge in [-0.15, -0.1) is 5.10 Å². The van der Waals surface area contributed by atoms with Gasteiger partial charge in [0.2, 0.25) is 0 Å². The van der Waals surface area contributed by atoms with Crippen LogP contribution in [0.15, 0.2) is 10.8 Å². The first-order chi connectivity index (χ1) is 4.80. The molecule has 1 aromatic heterocycles. The topological polar surface area (TPSA) is 38.9 Å². The Morgan fingerprint density at radius 3 is 2.20 bits per heavy atom. The van der Waals surface area contributed by atoms with Gasteiger partial charge < -0.3 is 4.52 Å². The average molecular weight is 142 g/mol.